The molecule has 120 valence electrons. The van der Waals surface area contributed by atoms with Gasteiger partial charge in [0, 0.05) is 19.1 Å². The molecule has 0 amide bonds. The standard InChI is InChI=1S/C14H26N4O2S/c1-4-9-15-12-5-7-13(8-6-12)18(3)21(19,20)14-10-16-17-11(14)2/h10,12-13,15H,4-9H2,1-3H3,(H,16,17). The van der Waals surface area contributed by atoms with E-state index in [1.807, 2.05) is 0 Å². The predicted octanol–water partition coefficient (Wildman–Crippen LogP) is 1.65. The van der Waals surface area contributed by atoms with Gasteiger partial charge in [-0.1, -0.05) is 6.92 Å². The zero-order chi connectivity index (χ0) is 15.5. The Labute approximate surface area is 127 Å². The van der Waals surface area contributed by atoms with Gasteiger partial charge in [0.05, 0.1) is 11.9 Å². The van der Waals surface area contributed by atoms with E-state index in [1.165, 1.54) is 10.5 Å². The zero-order valence-electron chi connectivity index (χ0n) is 13.1. The van der Waals surface area contributed by atoms with E-state index in [-0.39, 0.29) is 10.9 Å². The molecule has 0 spiro atoms. The van der Waals surface area contributed by atoms with Gasteiger partial charge in [0.25, 0.3) is 0 Å². The fraction of sp³-hybridized carbons (Fsp3) is 0.786. The summed E-state index contributed by atoms with van der Waals surface area (Å²) < 4.78 is 26.8. The smallest absolute Gasteiger partial charge is 0.246 e. The van der Waals surface area contributed by atoms with Crippen LogP contribution in [-0.4, -0.2) is 48.6 Å². The maximum absolute atomic E-state index is 12.6. The first-order valence-electron chi connectivity index (χ1n) is 7.68. The van der Waals surface area contributed by atoms with Crippen molar-refractivity contribution in [3.05, 3.63) is 11.9 Å². The van der Waals surface area contributed by atoms with Gasteiger partial charge in [0.1, 0.15) is 4.90 Å². The number of H-pyrrole nitrogens is 1. The first-order chi connectivity index (χ1) is 9.96. The highest BCUT2D eigenvalue weighted by Crippen LogP contribution is 2.27. The molecular formula is C14H26N4O2S. The second-order valence-corrected chi connectivity index (χ2v) is 7.81. The first kappa shape index (κ1) is 16.5. The van der Waals surface area contributed by atoms with E-state index >= 15 is 0 Å². The van der Waals surface area contributed by atoms with Crippen LogP contribution in [0.4, 0.5) is 0 Å². The van der Waals surface area contributed by atoms with Crippen molar-refractivity contribution < 1.29 is 8.42 Å². The summed E-state index contributed by atoms with van der Waals surface area (Å²) >= 11 is 0. The molecule has 2 N–H and O–H groups in total. The Morgan fingerprint density at radius 2 is 2.05 bits per heavy atom. The molecule has 0 radical (unpaired) electrons. The summed E-state index contributed by atoms with van der Waals surface area (Å²) in [6.45, 7) is 4.93. The molecule has 1 aromatic rings. The van der Waals surface area contributed by atoms with Crippen molar-refractivity contribution in [2.75, 3.05) is 13.6 Å². The third-order valence-electron chi connectivity index (χ3n) is 4.33. The minimum atomic E-state index is -3.44. The molecule has 0 unspecified atom stereocenters. The lowest BCUT2D eigenvalue weighted by atomic mass is 9.91. The van der Waals surface area contributed by atoms with Crippen molar-refractivity contribution in [1.82, 2.24) is 19.8 Å². The number of rotatable bonds is 6. The number of aromatic amines is 1. The monoisotopic (exact) mass is 314 g/mol. The highest BCUT2D eigenvalue weighted by atomic mass is 32.2. The van der Waals surface area contributed by atoms with Crippen LogP contribution in [0.1, 0.15) is 44.7 Å². The van der Waals surface area contributed by atoms with Crippen LogP contribution in [0.2, 0.25) is 0 Å². The van der Waals surface area contributed by atoms with E-state index in [9.17, 15) is 8.42 Å². The van der Waals surface area contributed by atoms with Crippen LogP contribution in [0.25, 0.3) is 0 Å². The van der Waals surface area contributed by atoms with E-state index in [4.69, 9.17) is 0 Å². The molecule has 1 saturated carbocycles. The van der Waals surface area contributed by atoms with Crippen LogP contribution in [-0.2, 0) is 10.0 Å². The van der Waals surface area contributed by atoms with Gasteiger partial charge in [-0.25, -0.2) is 8.42 Å². The molecule has 0 aromatic carbocycles. The van der Waals surface area contributed by atoms with Crippen molar-refractivity contribution in [2.45, 2.75) is 62.9 Å². The highest BCUT2D eigenvalue weighted by Gasteiger charge is 2.32. The Morgan fingerprint density at radius 1 is 1.38 bits per heavy atom. The number of hydrogen-bond donors (Lipinski definition) is 2. The van der Waals surface area contributed by atoms with Crippen LogP contribution in [0.5, 0.6) is 0 Å². The van der Waals surface area contributed by atoms with Gasteiger partial charge in [0.15, 0.2) is 0 Å². The van der Waals surface area contributed by atoms with Crippen LogP contribution >= 0.6 is 0 Å². The average molecular weight is 314 g/mol. The molecule has 1 aliphatic carbocycles. The summed E-state index contributed by atoms with van der Waals surface area (Å²) in [6.07, 6.45) is 6.43. The summed E-state index contributed by atoms with van der Waals surface area (Å²) in [5.41, 5.74) is 0.597. The molecule has 0 aliphatic heterocycles. The topological polar surface area (TPSA) is 78.1 Å². The molecule has 1 fully saturated rings. The van der Waals surface area contributed by atoms with Crippen molar-refractivity contribution >= 4 is 10.0 Å². The number of nitrogens with one attached hydrogen (secondary N) is 2. The molecule has 1 aromatic heterocycles. The van der Waals surface area contributed by atoms with Gasteiger partial charge in [-0.15, -0.1) is 0 Å². The third kappa shape index (κ3) is 3.64. The molecule has 6 nitrogen and oxygen atoms in total. The van der Waals surface area contributed by atoms with Gasteiger partial charge < -0.3 is 5.32 Å². The number of hydrogen-bond acceptors (Lipinski definition) is 4. The molecule has 7 heteroatoms. The Balaban J connectivity index is 1.99. The number of aromatic nitrogens is 2. The van der Waals surface area contributed by atoms with Gasteiger partial charge in [0.2, 0.25) is 10.0 Å². The van der Waals surface area contributed by atoms with E-state index in [1.54, 1.807) is 14.0 Å². The molecule has 0 atom stereocenters. The summed E-state index contributed by atoms with van der Waals surface area (Å²) in [4.78, 5) is 0.288. The lowest BCUT2D eigenvalue weighted by molar-refractivity contribution is 0.249. The maximum Gasteiger partial charge on any atom is 0.246 e. The van der Waals surface area contributed by atoms with Crippen molar-refractivity contribution in [3.8, 4) is 0 Å². The minimum absolute atomic E-state index is 0.0870. The van der Waals surface area contributed by atoms with Crippen LogP contribution in [0.3, 0.4) is 0 Å². The van der Waals surface area contributed by atoms with Gasteiger partial charge in [-0.2, -0.15) is 9.40 Å². The fourth-order valence-corrected chi connectivity index (χ4v) is 4.48. The van der Waals surface area contributed by atoms with E-state index in [0.29, 0.717) is 11.7 Å². The quantitative estimate of drug-likeness (QED) is 0.837. The van der Waals surface area contributed by atoms with Crippen molar-refractivity contribution in [3.63, 3.8) is 0 Å². The Hall–Kier alpha value is -0.920. The molecule has 0 saturated heterocycles. The Morgan fingerprint density at radius 3 is 2.57 bits per heavy atom. The van der Waals surface area contributed by atoms with Crippen LogP contribution < -0.4 is 5.32 Å². The summed E-state index contributed by atoms with van der Waals surface area (Å²) in [5, 5.41) is 10.0. The van der Waals surface area contributed by atoms with Crippen molar-refractivity contribution in [1.29, 1.82) is 0 Å². The molecule has 2 rings (SSSR count). The van der Waals surface area contributed by atoms with Crippen LogP contribution in [0.15, 0.2) is 11.1 Å². The van der Waals surface area contributed by atoms with Gasteiger partial charge in [-0.05, 0) is 45.6 Å². The molecule has 1 aliphatic rings. The molecule has 21 heavy (non-hydrogen) atoms. The van der Waals surface area contributed by atoms with E-state index in [2.05, 4.69) is 22.4 Å². The number of nitrogens with zero attached hydrogens (tertiary/aromatic N) is 2. The number of sulfonamides is 1. The number of aryl methyl sites for hydroxylation is 1. The predicted molar refractivity (Wildman–Crippen MR) is 82.6 cm³/mol. The second kappa shape index (κ2) is 6.89. The van der Waals surface area contributed by atoms with Gasteiger partial charge >= 0.3 is 0 Å². The highest BCUT2D eigenvalue weighted by molar-refractivity contribution is 7.89. The maximum atomic E-state index is 12.6. The lowest BCUT2D eigenvalue weighted by Crippen LogP contribution is -2.43. The summed E-state index contributed by atoms with van der Waals surface area (Å²) in [7, 11) is -1.75. The normalized spacial score (nSPS) is 23.6. The third-order valence-corrected chi connectivity index (χ3v) is 6.36. The minimum Gasteiger partial charge on any atom is -0.314 e. The van der Waals surface area contributed by atoms with Gasteiger partial charge in [-0.3, -0.25) is 5.10 Å². The Kier molecular flexibility index (Phi) is 5.40. The summed E-state index contributed by atoms with van der Waals surface area (Å²) in [6, 6.07) is 0.622. The molecule has 1 heterocycles. The van der Waals surface area contributed by atoms with E-state index in [0.717, 1.165) is 38.6 Å². The van der Waals surface area contributed by atoms with E-state index < -0.39 is 10.0 Å². The lowest BCUT2D eigenvalue weighted by Gasteiger charge is -2.34. The SMILES string of the molecule is CCCNC1CCC(N(C)S(=O)(=O)c2cn[nH]c2C)CC1. The molecule has 0 bridgehead atoms. The molecular weight excluding hydrogens is 288 g/mol. The zero-order valence-corrected chi connectivity index (χ0v) is 13.9. The largest absolute Gasteiger partial charge is 0.314 e. The Bertz CT molecular complexity index is 547. The average Bonchev–Trinajstić information content (AvgIpc) is 2.92. The fourth-order valence-electron chi connectivity index (χ4n) is 2.94. The van der Waals surface area contributed by atoms with Crippen LogP contribution in [0, 0.1) is 6.92 Å². The first-order valence-corrected chi connectivity index (χ1v) is 9.12. The van der Waals surface area contributed by atoms with Crippen molar-refractivity contribution in [2.24, 2.45) is 0 Å². The summed E-state index contributed by atoms with van der Waals surface area (Å²) in [5.74, 6) is 0. The second-order valence-electron chi connectivity index (χ2n) is 5.84.